The Bertz CT molecular complexity index is 834. The Balaban J connectivity index is 1.64. The molecule has 140 valence electrons. The third-order valence-corrected chi connectivity index (χ3v) is 5.31. The summed E-state index contributed by atoms with van der Waals surface area (Å²) in [6, 6.07) is 1.09. The van der Waals surface area contributed by atoms with Gasteiger partial charge >= 0.3 is 6.18 Å². The SMILES string of the molecule is CCc1cc(C(F)(F)F)c2c(C3CCN(C(=O)C4CC4)CC3)noc2n1. The van der Waals surface area contributed by atoms with Gasteiger partial charge in [0, 0.05) is 30.6 Å². The first-order valence-corrected chi connectivity index (χ1v) is 9.03. The predicted octanol–water partition coefficient (Wildman–Crippen LogP) is 3.92. The lowest BCUT2D eigenvalue weighted by atomic mass is 9.90. The zero-order chi connectivity index (χ0) is 18.5. The molecule has 4 rings (SSSR count). The highest BCUT2D eigenvalue weighted by molar-refractivity contribution is 5.82. The van der Waals surface area contributed by atoms with Crippen molar-refractivity contribution >= 4 is 17.0 Å². The molecule has 1 aliphatic heterocycles. The molecule has 1 aliphatic carbocycles. The second-order valence-corrected chi connectivity index (χ2v) is 7.13. The summed E-state index contributed by atoms with van der Waals surface area (Å²) in [5.41, 5.74) is -0.131. The molecule has 0 unspecified atom stereocenters. The van der Waals surface area contributed by atoms with Crippen LogP contribution in [0.3, 0.4) is 0 Å². The third-order valence-electron chi connectivity index (χ3n) is 5.31. The van der Waals surface area contributed by atoms with Gasteiger partial charge in [-0.15, -0.1) is 0 Å². The molecule has 0 spiro atoms. The van der Waals surface area contributed by atoms with E-state index in [0.717, 1.165) is 18.9 Å². The summed E-state index contributed by atoms with van der Waals surface area (Å²) in [6.45, 7) is 2.85. The number of carbonyl (C=O) groups is 1. The number of rotatable bonds is 3. The number of piperidine rings is 1. The maximum Gasteiger partial charge on any atom is 0.417 e. The molecule has 8 heteroatoms. The predicted molar refractivity (Wildman–Crippen MR) is 87.5 cm³/mol. The van der Waals surface area contributed by atoms with Crippen LogP contribution in [0.4, 0.5) is 13.2 Å². The third kappa shape index (κ3) is 3.05. The van der Waals surface area contributed by atoms with E-state index in [1.807, 2.05) is 4.90 Å². The van der Waals surface area contributed by atoms with E-state index in [2.05, 4.69) is 10.1 Å². The first-order valence-electron chi connectivity index (χ1n) is 9.03. The second-order valence-electron chi connectivity index (χ2n) is 7.13. The topological polar surface area (TPSA) is 59.2 Å². The number of fused-ring (bicyclic) bond motifs is 1. The number of carbonyl (C=O) groups excluding carboxylic acids is 1. The summed E-state index contributed by atoms with van der Waals surface area (Å²) >= 11 is 0. The quantitative estimate of drug-likeness (QED) is 0.825. The van der Waals surface area contributed by atoms with Crippen molar-refractivity contribution in [2.24, 2.45) is 5.92 Å². The maximum atomic E-state index is 13.6. The van der Waals surface area contributed by atoms with Gasteiger partial charge in [0.25, 0.3) is 5.71 Å². The highest BCUT2D eigenvalue weighted by Gasteiger charge is 2.39. The van der Waals surface area contributed by atoms with Crippen LogP contribution in [0.5, 0.6) is 0 Å². The van der Waals surface area contributed by atoms with E-state index >= 15 is 0 Å². The molecule has 5 nitrogen and oxygen atoms in total. The Morgan fingerprint density at radius 1 is 1.27 bits per heavy atom. The fraction of sp³-hybridized carbons (Fsp3) is 0.611. The summed E-state index contributed by atoms with van der Waals surface area (Å²) in [4.78, 5) is 18.1. The zero-order valence-electron chi connectivity index (χ0n) is 14.5. The average molecular weight is 367 g/mol. The van der Waals surface area contributed by atoms with E-state index in [1.165, 1.54) is 0 Å². The number of likely N-dealkylation sites (tertiary alicyclic amines) is 1. The number of hydrogen-bond donors (Lipinski definition) is 0. The Labute approximate surface area is 148 Å². The van der Waals surface area contributed by atoms with Gasteiger partial charge in [-0.3, -0.25) is 4.79 Å². The molecule has 2 aliphatic rings. The molecular weight excluding hydrogens is 347 g/mol. The minimum Gasteiger partial charge on any atom is -0.342 e. The minimum atomic E-state index is -4.49. The highest BCUT2D eigenvalue weighted by atomic mass is 19.4. The fourth-order valence-corrected chi connectivity index (χ4v) is 3.67. The first kappa shape index (κ1) is 17.3. The monoisotopic (exact) mass is 367 g/mol. The van der Waals surface area contributed by atoms with Crippen molar-refractivity contribution in [3.05, 3.63) is 23.0 Å². The molecule has 1 saturated heterocycles. The van der Waals surface area contributed by atoms with E-state index in [1.54, 1.807) is 6.92 Å². The van der Waals surface area contributed by atoms with Crippen LogP contribution >= 0.6 is 0 Å². The molecule has 3 heterocycles. The van der Waals surface area contributed by atoms with Gasteiger partial charge in [-0.2, -0.15) is 13.2 Å². The average Bonchev–Trinajstić information content (AvgIpc) is 3.39. The van der Waals surface area contributed by atoms with E-state index in [9.17, 15) is 18.0 Å². The van der Waals surface area contributed by atoms with Crippen molar-refractivity contribution in [2.75, 3.05) is 13.1 Å². The van der Waals surface area contributed by atoms with Crippen LogP contribution in [0.2, 0.25) is 0 Å². The number of hydrogen-bond acceptors (Lipinski definition) is 4. The Kier molecular flexibility index (Phi) is 4.16. The van der Waals surface area contributed by atoms with Gasteiger partial charge in [0.2, 0.25) is 5.91 Å². The summed E-state index contributed by atoms with van der Waals surface area (Å²) in [6.07, 6.45) is -1.02. The van der Waals surface area contributed by atoms with Crippen LogP contribution in [0.1, 0.15) is 55.5 Å². The maximum absolute atomic E-state index is 13.6. The van der Waals surface area contributed by atoms with Crippen molar-refractivity contribution in [3.8, 4) is 0 Å². The number of halogens is 3. The van der Waals surface area contributed by atoms with Crippen molar-refractivity contribution in [3.63, 3.8) is 0 Å². The van der Waals surface area contributed by atoms with Crippen LogP contribution in [0, 0.1) is 5.92 Å². The molecule has 0 bridgehead atoms. The molecule has 1 saturated carbocycles. The van der Waals surface area contributed by atoms with Gasteiger partial charge < -0.3 is 9.42 Å². The van der Waals surface area contributed by atoms with Crippen LogP contribution in [-0.2, 0) is 17.4 Å². The summed E-state index contributed by atoms with van der Waals surface area (Å²) in [7, 11) is 0. The van der Waals surface area contributed by atoms with E-state index in [4.69, 9.17) is 4.52 Å². The lowest BCUT2D eigenvalue weighted by Crippen LogP contribution is -2.38. The molecule has 1 amide bonds. The van der Waals surface area contributed by atoms with Crippen LogP contribution in [0.25, 0.3) is 11.1 Å². The number of aromatic nitrogens is 2. The summed E-state index contributed by atoms with van der Waals surface area (Å²) < 4.78 is 45.9. The first-order chi connectivity index (χ1) is 12.4. The van der Waals surface area contributed by atoms with Crippen molar-refractivity contribution in [1.29, 1.82) is 0 Å². The van der Waals surface area contributed by atoms with Crippen LogP contribution in [-0.4, -0.2) is 34.0 Å². The number of alkyl halides is 3. The van der Waals surface area contributed by atoms with E-state index in [0.29, 0.717) is 43.7 Å². The Hall–Kier alpha value is -2.12. The van der Waals surface area contributed by atoms with Crippen molar-refractivity contribution in [1.82, 2.24) is 15.0 Å². The smallest absolute Gasteiger partial charge is 0.342 e. The van der Waals surface area contributed by atoms with E-state index in [-0.39, 0.29) is 28.8 Å². The molecule has 0 aromatic carbocycles. The number of nitrogens with zero attached hydrogens (tertiary/aromatic N) is 3. The molecule has 2 aromatic rings. The normalized spacial score (nSPS) is 19.3. The molecule has 2 aromatic heterocycles. The second kappa shape index (κ2) is 6.25. The molecule has 2 fully saturated rings. The largest absolute Gasteiger partial charge is 0.417 e. The standard InChI is InChI=1S/C18H20F3N3O2/c1-2-12-9-13(18(19,20)21)14-15(23-26-16(14)22-12)10-5-7-24(8-6-10)17(25)11-3-4-11/h9-11H,2-8H2,1H3. The van der Waals surface area contributed by atoms with Crippen LogP contribution < -0.4 is 0 Å². The van der Waals surface area contributed by atoms with Gasteiger partial charge in [0.15, 0.2) is 0 Å². The molecule has 26 heavy (non-hydrogen) atoms. The fourth-order valence-electron chi connectivity index (χ4n) is 3.67. The number of amides is 1. The number of pyridine rings is 1. The lowest BCUT2D eigenvalue weighted by molar-refractivity contribution is -0.136. The summed E-state index contributed by atoms with van der Waals surface area (Å²) in [5.74, 6) is 0.182. The molecule has 0 atom stereocenters. The van der Waals surface area contributed by atoms with Gasteiger partial charge in [-0.1, -0.05) is 12.1 Å². The number of aryl methyl sites for hydroxylation is 1. The lowest BCUT2D eigenvalue weighted by Gasteiger charge is -2.31. The molecule has 0 radical (unpaired) electrons. The van der Waals surface area contributed by atoms with Crippen molar-refractivity contribution in [2.45, 2.75) is 51.1 Å². The van der Waals surface area contributed by atoms with E-state index < -0.39 is 11.7 Å². The minimum absolute atomic E-state index is 0.0262. The Morgan fingerprint density at radius 2 is 1.96 bits per heavy atom. The molecule has 0 N–H and O–H groups in total. The van der Waals surface area contributed by atoms with Gasteiger partial charge in [0.05, 0.1) is 16.6 Å². The Morgan fingerprint density at radius 3 is 2.54 bits per heavy atom. The summed E-state index contributed by atoms with van der Waals surface area (Å²) in [5, 5.41) is 3.92. The zero-order valence-corrected chi connectivity index (χ0v) is 14.5. The van der Waals surface area contributed by atoms with Gasteiger partial charge in [-0.25, -0.2) is 4.98 Å². The van der Waals surface area contributed by atoms with Gasteiger partial charge in [-0.05, 0) is 38.2 Å². The van der Waals surface area contributed by atoms with Crippen molar-refractivity contribution < 1.29 is 22.5 Å². The van der Waals surface area contributed by atoms with Gasteiger partial charge in [0.1, 0.15) is 0 Å². The van der Waals surface area contributed by atoms with Crippen LogP contribution in [0.15, 0.2) is 10.6 Å². The molecular formula is C18H20F3N3O2. The highest BCUT2D eigenvalue weighted by Crippen LogP contribution is 2.41.